The Morgan fingerprint density at radius 2 is 1.89 bits per heavy atom. The maximum Gasteiger partial charge on any atom is 0.206 e. The third-order valence-electron chi connectivity index (χ3n) is 6.83. The van der Waals surface area contributed by atoms with Crippen molar-refractivity contribution in [1.29, 1.82) is 16.1 Å². The van der Waals surface area contributed by atoms with Gasteiger partial charge in [-0.05, 0) is 49.5 Å². The van der Waals surface area contributed by atoms with E-state index in [0.29, 0.717) is 43.3 Å². The molecule has 2 aromatic rings. The van der Waals surface area contributed by atoms with E-state index in [0.717, 1.165) is 44.7 Å². The second-order valence-corrected chi connectivity index (χ2v) is 9.42. The van der Waals surface area contributed by atoms with Crippen molar-refractivity contribution in [2.75, 3.05) is 50.7 Å². The molecule has 2 fully saturated rings. The van der Waals surface area contributed by atoms with E-state index in [2.05, 4.69) is 37.7 Å². The number of benzene rings is 1. The number of anilines is 1. The van der Waals surface area contributed by atoms with Gasteiger partial charge in [-0.15, -0.1) is 0 Å². The number of para-hydroxylation sites is 1. The summed E-state index contributed by atoms with van der Waals surface area (Å²) in [5, 5.41) is 35.7. The Labute approximate surface area is 223 Å². The number of likely N-dealkylation sites (tertiary alicyclic amines) is 1. The van der Waals surface area contributed by atoms with Crippen LogP contribution in [0.2, 0.25) is 0 Å². The lowest BCUT2D eigenvalue weighted by Gasteiger charge is -2.26. The van der Waals surface area contributed by atoms with Gasteiger partial charge in [0, 0.05) is 56.9 Å². The standard InChI is InChI=1S/C28H33N9O/c29-20-21-9-15-35(16-10-21)12-3-7-26-33-11-8-27(34-26)37-14-4-13-36(17-18-37)24(28(31)32)19-23(30)22-5-1-2-6-25(22)38/h1-2,5-6,8,11,19,21,30,38H,4,9-10,12-18H2,(H3,31,32)/b24-19+,30-23?. The summed E-state index contributed by atoms with van der Waals surface area (Å²) >= 11 is 0. The fraction of sp³-hybridized carbons (Fsp3) is 0.393. The third kappa shape index (κ3) is 6.87. The van der Waals surface area contributed by atoms with Gasteiger partial charge in [-0.25, -0.2) is 9.97 Å². The second kappa shape index (κ2) is 12.7. The first kappa shape index (κ1) is 26.6. The van der Waals surface area contributed by atoms with E-state index in [-0.39, 0.29) is 23.2 Å². The van der Waals surface area contributed by atoms with Gasteiger partial charge in [-0.3, -0.25) is 10.3 Å². The first-order valence-corrected chi connectivity index (χ1v) is 12.8. The lowest BCUT2D eigenvalue weighted by atomic mass is 9.99. The first-order chi connectivity index (χ1) is 18.4. The molecule has 1 aromatic carbocycles. The second-order valence-electron chi connectivity index (χ2n) is 9.42. The van der Waals surface area contributed by atoms with Gasteiger partial charge >= 0.3 is 0 Å². The quantitative estimate of drug-likeness (QED) is 0.261. The lowest BCUT2D eigenvalue weighted by molar-refractivity contribution is 0.228. The van der Waals surface area contributed by atoms with Crippen LogP contribution in [0.4, 0.5) is 5.82 Å². The number of allylic oxidation sites excluding steroid dienone is 1. The van der Waals surface area contributed by atoms with Crippen LogP contribution in [-0.2, 0) is 0 Å². The average molecular weight is 512 g/mol. The van der Waals surface area contributed by atoms with E-state index in [1.165, 1.54) is 6.07 Å². The number of phenols is 1. The van der Waals surface area contributed by atoms with Crippen molar-refractivity contribution >= 4 is 17.4 Å². The summed E-state index contributed by atoms with van der Waals surface area (Å²) in [5.41, 5.74) is 6.87. The molecule has 3 heterocycles. The summed E-state index contributed by atoms with van der Waals surface area (Å²) in [6, 6.07) is 10.9. The number of nitrogens with two attached hydrogens (primary N) is 1. The van der Waals surface area contributed by atoms with Crippen molar-refractivity contribution < 1.29 is 5.11 Å². The van der Waals surface area contributed by atoms with Gasteiger partial charge in [0.2, 0.25) is 5.82 Å². The van der Waals surface area contributed by atoms with E-state index in [9.17, 15) is 5.11 Å². The van der Waals surface area contributed by atoms with Gasteiger partial charge in [-0.2, -0.15) is 5.26 Å². The van der Waals surface area contributed by atoms with E-state index >= 15 is 0 Å². The SMILES string of the molecule is N#CC1CCN(CC#Cc2nccc(N3CCCN(/C(=C/C(=N)c4ccccc4O)C(=N)N)CC3)n2)CC1. The van der Waals surface area contributed by atoms with Crippen LogP contribution in [0.25, 0.3) is 0 Å². The molecule has 1 aromatic heterocycles. The zero-order valence-corrected chi connectivity index (χ0v) is 21.4. The van der Waals surface area contributed by atoms with Crippen molar-refractivity contribution in [1.82, 2.24) is 19.8 Å². The van der Waals surface area contributed by atoms with E-state index in [1.54, 1.807) is 30.5 Å². The van der Waals surface area contributed by atoms with Gasteiger partial charge in [0.15, 0.2) is 0 Å². The number of rotatable bonds is 6. The predicted octanol–water partition coefficient (Wildman–Crippen LogP) is 2.17. The molecule has 5 N–H and O–H groups in total. The average Bonchev–Trinajstić information content (AvgIpc) is 3.18. The Morgan fingerprint density at radius 3 is 2.63 bits per heavy atom. The van der Waals surface area contributed by atoms with Crippen molar-refractivity contribution in [3.05, 3.63) is 59.7 Å². The van der Waals surface area contributed by atoms with Crippen molar-refractivity contribution in [2.24, 2.45) is 11.7 Å². The molecule has 4 rings (SSSR count). The number of nitriles is 1. The molecule has 0 unspecified atom stereocenters. The molecule has 0 radical (unpaired) electrons. The molecule has 0 bridgehead atoms. The highest BCUT2D eigenvalue weighted by molar-refractivity contribution is 6.12. The van der Waals surface area contributed by atoms with Crippen LogP contribution in [0.3, 0.4) is 0 Å². The summed E-state index contributed by atoms with van der Waals surface area (Å²) < 4.78 is 0. The first-order valence-electron chi connectivity index (χ1n) is 12.8. The van der Waals surface area contributed by atoms with Crippen LogP contribution >= 0.6 is 0 Å². The Kier molecular flexibility index (Phi) is 8.91. The number of hydrogen-bond acceptors (Lipinski definition) is 9. The molecule has 0 amide bonds. The number of piperidine rings is 1. The van der Waals surface area contributed by atoms with Crippen LogP contribution in [0.15, 0.2) is 48.3 Å². The highest BCUT2D eigenvalue weighted by atomic mass is 16.3. The number of amidine groups is 1. The molecule has 10 heteroatoms. The summed E-state index contributed by atoms with van der Waals surface area (Å²) in [6.45, 7) is 5.13. The zero-order chi connectivity index (χ0) is 26.9. The summed E-state index contributed by atoms with van der Waals surface area (Å²) in [4.78, 5) is 15.4. The minimum absolute atomic E-state index is 0.0184. The molecule has 38 heavy (non-hydrogen) atoms. The van der Waals surface area contributed by atoms with Gasteiger partial charge in [0.25, 0.3) is 0 Å². The normalized spacial score (nSPS) is 17.2. The number of nitrogens with zero attached hydrogens (tertiary/aromatic N) is 6. The van der Waals surface area contributed by atoms with E-state index in [4.69, 9.17) is 21.8 Å². The van der Waals surface area contributed by atoms with Gasteiger partial charge in [0.1, 0.15) is 17.4 Å². The minimum atomic E-state index is -0.116. The van der Waals surface area contributed by atoms with Gasteiger partial charge in [-0.1, -0.05) is 18.1 Å². The topological polar surface area (TPSA) is 153 Å². The summed E-state index contributed by atoms with van der Waals surface area (Å²) in [6.07, 6.45) is 5.88. The fourth-order valence-corrected chi connectivity index (χ4v) is 4.68. The molecule has 0 atom stereocenters. The molecular formula is C28H33N9O. The van der Waals surface area contributed by atoms with Crippen LogP contribution in [0, 0.1) is 39.9 Å². The maximum atomic E-state index is 10.1. The molecule has 0 spiro atoms. The lowest BCUT2D eigenvalue weighted by Crippen LogP contribution is -2.35. The van der Waals surface area contributed by atoms with Gasteiger partial charge in [0.05, 0.1) is 24.0 Å². The largest absolute Gasteiger partial charge is 0.507 e. The Bertz CT molecular complexity index is 1300. The zero-order valence-electron chi connectivity index (χ0n) is 21.4. The molecule has 10 nitrogen and oxygen atoms in total. The van der Waals surface area contributed by atoms with Crippen LogP contribution in [0.5, 0.6) is 5.75 Å². The molecule has 2 saturated heterocycles. The number of hydrogen-bond donors (Lipinski definition) is 4. The molecular weight excluding hydrogens is 478 g/mol. The number of aromatic hydroxyl groups is 1. The Hall–Kier alpha value is -4.41. The summed E-state index contributed by atoms with van der Waals surface area (Å²) in [7, 11) is 0. The predicted molar refractivity (Wildman–Crippen MR) is 147 cm³/mol. The third-order valence-corrected chi connectivity index (χ3v) is 6.83. The monoisotopic (exact) mass is 511 g/mol. The number of aromatic nitrogens is 2. The highest BCUT2D eigenvalue weighted by Crippen LogP contribution is 2.20. The Morgan fingerprint density at radius 1 is 1.11 bits per heavy atom. The summed E-state index contributed by atoms with van der Waals surface area (Å²) in [5.74, 6) is 7.61. The number of phenolic OH excluding ortho intramolecular Hbond substituents is 1. The van der Waals surface area contributed by atoms with E-state index in [1.807, 2.05) is 11.0 Å². The van der Waals surface area contributed by atoms with Gasteiger partial charge < -0.3 is 26.0 Å². The number of nitrogens with one attached hydrogen (secondary N) is 2. The van der Waals surface area contributed by atoms with Crippen LogP contribution in [-0.4, -0.2) is 82.2 Å². The fourth-order valence-electron chi connectivity index (χ4n) is 4.68. The Balaban J connectivity index is 1.39. The van der Waals surface area contributed by atoms with Crippen LogP contribution < -0.4 is 10.6 Å². The molecule has 2 aliphatic heterocycles. The van der Waals surface area contributed by atoms with Crippen molar-refractivity contribution in [2.45, 2.75) is 19.3 Å². The minimum Gasteiger partial charge on any atom is -0.507 e. The highest BCUT2D eigenvalue weighted by Gasteiger charge is 2.21. The molecule has 196 valence electrons. The maximum absolute atomic E-state index is 10.1. The van der Waals surface area contributed by atoms with Crippen LogP contribution in [0.1, 0.15) is 30.7 Å². The smallest absolute Gasteiger partial charge is 0.206 e. The molecule has 0 saturated carbocycles. The van der Waals surface area contributed by atoms with Crippen molar-refractivity contribution in [3.63, 3.8) is 0 Å². The molecule has 2 aliphatic rings. The molecule has 0 aliphatic carbocycles. The van der Waals surface area contributed by atoms with E-state index < -0.39 is 0 Å². The van der Waals surface area contributed by atoms with Crippen molar-refractivity contribution in [3.8, 4) is 23.7 Å².